The fourth-order valence-corrected chi connectivity index (χ4v) is 6.58. The number of fused-ring (bicyclic) bond motifs is 3. The summed E-state index contributed by atoms with van der Waals surface area (Å²) in [5.74, 6) is 1.81. The number of nitrogens with zero attached hydrogens (tertiary/aromatic N) is 1. The smallest absolute Gasteiger partial charge is 0.263 e. The van der Waals surface area contributed by atoms with Gasteiger partial charge in [0.05, 0.1) is 23.5 Å². The van der Waals surface area contributed by atoms with E-state index in [2.05, 4.69) is 21.9 Å². The Morgan fingerprint density at radius 3 is 2.76 bits per heavy atom. The van der Waals surface area contributed by atoms with Gasteiger partial charge in [0, 0.05) is 19.0 Å². The van der Waals surface area contributed by atoms with Gasteiger partial charge in [0.1, 0.15) is 10.6 Å². The van der Waals surface area contributed by atoms with E-state index in [9.17, 15) is 18.6 Å². The molecule has 0 spiro atoms. The quantitative estimate of drug-likeness (QED) is 0.402. The number of ether oxygens (including phenoxy) is 1. The van der Waals surface area contributed by atoms with Crippen LogP contribution in [0, 0.1) is 11.8 Å². The summed E-state index contributed by atoms with van der Waals surface area (Å²) < 4.78 is 35.1. The minimum Gasteiger partial charge on any atom is -0.492 e. The third-order valence-corrected chi connectivity index (χ3v) is 8.78. The Kier molecular flexibility index (Phi) is 6.45. The Bertz CT molecular complexity index is 1150. The Hall–Kier alpha value is -2.33. The van der Waals surface area contributed by atoms with Gasteiger partial charge in [0.25, 0.3) is 10.0 Å². The molecule has 2 aliphatic heterocycles. The Labute approximate surface area is 201 Å². The lowest BCUT2D eigenvalue weighted by molar-refractivity contribution is -0.0438. The largest absolute Gasteiger partial charge is 0.492 e. The number of benzene rings is 2. The van der Waals surface area contributed by atoms with Gasteiger partial charge in [-0.25, -0.2) is 8.42 Å². The first-order valence-corrected chi connectivity index (χ1v) is 13.6. The van der Waals surface area contributed by atoms with Gasteiger partial charge in [0.2, 0.25) is 0 Å². The molecule has 1 aliphatic carbocycles. The van der Waals surface area contributed by atoms with Crippen LogP contribution >= 0.6 is 0 Å². The van der Waals surface area contributed by atoms with Crippen LogP contribution < -0.4 is 14.8 Å². The van der Waals surface area contributed by atoms with Crippen molar-refractivity contribution in [3.63, 3.8) is 0 Å². The van der Waals surface area contributed by atoms with Gasteiger partial charge in [-0.1, -0.05) is 25.1 Å². The summed E-state index contributed by atoms with van der Waals surface area (Å²) >= 11 is 0. The Balaban J connectivity index is 1.34. The van der Waals surface area contributed by atoms with Crippen LogP contribution in [0.3, 0.4) is 0 Å². The third-order valence-electron chi connectivity index (χ3n) is 7.35. The van der Waals surface area contributed by atoms with Crippen LogP contribution in [-0.4, -0.2) is 56.3 Å². The van der Waals surface area contributed by atoms with Gasteiger partial charge in [-0.2, -0.15) is 0 Å². The number of hydrogen-bond acceptors (Lipinski definition) is 7. The minimum atomic E-state index is -3.99. The summed E-state index contributed by atoms with van der Waals surface area (Å²) in [5.41, 5.74) is 1.63. The van der Waals surface area contributed by atoms with Gasteiger partial charge in [0.15, 0.2) is 6.29 Å². The van der Waals surface area contributed by atoms with E-state index in [1.54, 1.807) is 30.3 Å². The van der Waals surface area contributed by atoms with Crippen molar-refractivity contribution in [3.8, 4) is 5.75 Å². The number of rotatable bonds is 9. The maximum atomic E-state index is 13.4. The average molecular weight is 488 g/mol. The standard InChI is InChI=1S/C25H33N3O5S/c1-2-28-12-10-16(14-28)9-11-26-20-5-3-4-6-22(20)34(31,32)27-21-8-7-18-19-13-17(19)15-33-24(18)23(21)25(29)30/h3-8,16-17,19,25-27,29-30H,2,9-15H2,1H3. The molecule has 4 N–H and O–H groups in total. The highest BCUT2D eigenvalue weighted by molar-refractivity contribution is 7.92. The summed E-state index contributed by atoms with van der Waals surface area (Å²) in [6.07, 6.45) is 1.30. The zero-order chi connectivity index (χ0) is 23.9. The molecular formula is C25H33N3O5S. The molecule has 0 radical (unpaired) electrons. The molecule has 0 amide bonds. The molecule has 3 aliphatic rings. The van der Waals surface area contributed by atoms with Gasteiger partial charge in [-0.15, -0.1) is 0 Å². The van der Waals surface area contributed by atoms with Crippen molar-refractivity contribution in [3.05, 3.63) is 47.5 Å². The molecule has 1 saturated carbocycles. The molecule has 2 heterocycles. The van der Waals surface area contributed by atoms with Crippen LogP contribution in [0.25, 0.3) is 0 Å². The molecule has 2 aromatic carbocycles. The highest BCUT2D eigenvalue weighted by Crippen LogP contribution is 2.56. The lowest BCUT2D eigenvalue weighted by Crippen LogP contribution is -2.21. The summed E-state index contributed by atoms with van der Waals surface area (Å²) in [6, 6.07) is 10.2. The van der Waals surface area contributed by atoms with Crippen LogP contribution in [0.1, 0.15) is 49.5 Å². The van der Waals surface area contributed by atoms with Crippen molar-refractivity contribution in [1.29, 1.82) is 0 Å². The van der Waals surface area contributed by atoms with Gasteiger partial charge >= 0.3 is 0 Å². The van der Waals surface area contributed by atoms with Crippen LogP contribution in [0.4, 0.5) is 11.4 Å². The zero-order valence-corrected chi connectivity index (χ0v) is 20.2. The summed E-state index contributed by atoms with van der Waals surface area (Å²) in [6.45, 7) is 6.65. The molecule has 9 heteroatoms. The van der Waals surface area contributed by atoms with Crippen molar-refractivity contribution in [2.45, 2.75) is 43.3 Å². The van der Waals surface area contributed by atoms with Gasteiger partial charge < -0.3 is 25.2 Å². The molecular weight excluding hydrogens is 454 g/mol. The van der Waals surface area contributed by atoms with E-state index in [0.29, 0.717) is 42.3 Å². The Morgan fingerprint density at radius 1 is 1.18 bits per heavy atom. The van der Waals surface area contributed by atoms with Gasteiger partial charge in [-0.3, -0.25) is 4.72 Å². The Morgan fingerprint density at radius 2 is 2.00 bits per heavy atom. The lowest BCUT2D eigenvalue weighted by Gasteiger charge is -2.24. The molecule has 2 fully saturated rings. The predicted molar refractivity (Wildman–Crippen MR) is 131 cm³/mol. The van der Waals surface area contributed by atoms with E-state index in [0.717, 1.165) is 38.0 Å². The van der Waals surface area contributed by atoms with Crippen molar-refractivity contribution in [2.24, 2.45) is 11.8 Å². The molecule has 0 bridgehead atoms. The second-order valence-electron chi connectivity index (χ2n) is 9.60. The molecule has 8 nitrogen and oxygen atoms in total. The van der Waals surface area contributed by atoms with E-state index in [1.165, 1.54) is 6.42 Å². The fourth-order valence-electron chi connectivity index (χ4n) is 5.31. The van der Waals surface area contributed by atoms with Gasteiger partial charge in [-0.05, 0) is 68.0 Å². The number of nitrogens with one attached hydrogen (secondary N) is 2. The topological polar surface area (TPSA) is 111 Å². The summed E-state index contributed by atoms with van der Waals surface area (Å²) in [7, 11) is -3.99. The number of aliphatic hydroxyl groups excluding tert-OH is 1. The first kappa shape index (κ1) is 23.4. The molecule has 2 aromatic rings. The molecule has 3 atom stereocenters. The minimum absolute atomic E-state index is 0.0681. The molecule has 0 aromatic heterocycles. The maximum absolute atomic E-state index is 13.4. The van der Waals surface area contributed by atoms with Crippen LogP contribution in [0.15, 0.2) is 41.3 Å². The number of para-hydroxylation sites is 1. The van der Waals surface area contributed by atoms with Crippen molar-refractivity contribution < 1.29 is 23.4 Å². The number of hydrogen-bond donors (Lipinski definition) is 4. The highest BCUT2D eigenvalue weighted by atomic mass is 32.2. The number of anilines is 2. The fraction of sp³-hybridized carbons (Fsp3) is 0.520. The highest BCUT2D eigenvalue weighted by Gasteiger charge is 2.45. The normalized spacial score (nSPS) is 23.8. The lowest BCUT2D eigenvalue weighted by atomic mass is 10.00. The molecule has 3 unspecified atom stereocenters. The van der Waals surface area contributed by atoms with Crippen molar-refractivity contribution in [2.75, 3.05) is 42.8 Å². The van der Waals surface area contributed by atoms with E-state index in [4.69, 9.17) is 4.74 Å². The van der Waals surface area contributed by atoms with Crippen LogP contribution in [0.2, 0.25) is 0 Å². The van der Waals surface area contributed by atoms with Crippen molar-refractivity contribution >= 4 is 21.4 Å². The molecule has 34 heavy (non-hydrogen) atoms. The number of sulfonamides is 1. The van der Waals surface area contributed by atoms with Crippen LogP contribution in [-0.2, 0) is 10.0 Å². The van der Waals surface area contributed by atoms with Crippen molar-refractivity contribution in [1.82, 2.24) is 4.90 Å². The third kappa shape index (κ3) is 4.62. The van der Waals surface area contributed by atoms with E-state index < -0.39 is 16.3 Å². The number of likely N-dealkylation sites (tertiary alicyclic amines) is 1. The molecule has 5 rings (SSSR count). The summed E-state index contributed by atoms with van der Waals surface area (Å²) in [5, 5.41) is 23.4. The van der Waals surface area contributed by atoms with E-state index >= 15 is 0 Å². The van der Waals surface area contributed by atoms with E-state index in [1.807, 2.05) is 6.07 Å². The molecule has 1 saturated heterocycles. The maximum Gasteiger partial charge on any atom is 0.263 e. The first-order chi connectivity index (χ1) is 16.4. The molecule has 184 valence electrons. The van der Waals surface area contributed by atoms with E-state index in [-0.39, 0.29) is 16.1 Å². The number of aliphatic hydroxyl groups is 2. The summed E-state index contributed by atoms with van der Waals surface area (Å²) in [4.78, 5) is 2.56. The first-order valence-electron chi connectivity index (χ1n) is 12.1. The second-order valence-corrected chi connectivity index (χ2v) is 11.2. The van der Waals surface area contributed by atoms with Crippen LogP contribution in [0.5, 0.6) is 5.75 Å². The monoisotopic (exact) mass is 487 g/mol. The second kappa shape index (κ2) is 9.37. The average Bonchev–Trinajstić information content (AvgIpc) is 3.48. The zero-order valence-electron chi connectivity index (χ0n) is 19.4. The predicted octanol–water partition coefficient (Wildman–Crippen LogP) is 3.11. The SMILES string of the molecule is CCN1CCC(CCNc2ccccc2S(=O)(=O)Nc2ccc3c(c2C(O)O)OCC2CC32)C1.